The third-order valence-corrected chi connectivity index (χ3v) is 3.57. The van der Waals surface area contributed by atoms with Gasteiger partial charge in [-0.2, -0.15) is 0 Å². The molecule has 0 fully saturated rings. The zero-order valence-electron chi connectivity index (χ0n) is 8.88. The van der Waals surface area contributed by atoms with Crippen LogP contribution in [0.25, 0.3) is 0 Å². The lowest BCUT2D eigenvalue weighted by molar-refractivity contribution is 0.460. The smallest absolute Gasteiger partial charge is 0.219 e. The number of benzene rings is 1. The summed E-state index contributed by atoms with van der Waals surface area (Å²) in [6.45, 7) is 1.94. The van der Waals surface area contributed by atoms with Gasteiger partial charge in [0.1, 0.15) is 11.6 Å². The number of pyridine rings is 1. The molecule has 0 radical (unpaired) electrons. The van der Waals surface area contributed by atoms with Crippen LogP contribution in [0.2, 0.25) is 0 Å². The van der Waals surface area contributed by atoms with Crippen LogP contribution < -0.4 is 4.74 Å². The number of aromatic nitrogens is 1. The molecule has 0 amide bonds. The van der Waals surface area contributed by atoms with E-state index in [4.69, 9.17) is 4.74 Å². The topological polar surface area (TPSA) is 22.1 Å². The molecule has 1 aromatic carbocycles. The summed E-state index contributed by atoms with van der Waals surface area (Å²) in [5, 5.41) is 0. The van der Waals surface area contributed by atoms with Gasteiger partial charge in [0, 0.05) is 16.7 Å². The summed E-state index contributed by atoms with van der Waals surface area (Å²) in [6, 6.07) is 6.26. The largest absolute Gasteiger partial charge is 0.439 e. The van der Waals surface area contributed by atoms with Crippen LogP contribution in [0.4, 0.5) is 4.39 Å². The molecule has 0 bridgehead atoms. The van der Waals surface area contributed by atoms with Crippen molar-refractivity contribution in [1.82, 2.24) is 4.98 Å². The van der Waals surface area contributed by atoms with E-state index < -0.39 is 0 Å². The lowest BCUT2D eigenvalue weighted by Crippen LogP contribution is -1.90. The van der Waals surface area contributed by atoms with Gasteiger partial charge in [-0.05, 0) is 62.5 Å². The van der Waals surface area contributed by atoms with Crippen molar-refractivity contribution in [3.63, 3.8) is 0 Å². The van der Waals surface area contributed by atoms with Crippen LogP contribution in [0.1, 0.15) is 5.56 Å². The number of aryl methyl sites for hydroxylation is 1. The molecule has 0 atom stereocenters. The molecule has 1 heterocycles. The van der Waals surface area contributed by atoms with Crippen molar-refractivity contribution < 1.29 is 9.13 Å². The normalized spacial score (nSPS) is 10.4. The molecule has 17 heavy (non-hydrogen) atoms. The van der Waals surface area contributed by atoms with Crippen molar-refractivity contribution in [2.45, 2.75) is 6.92 Å². The minimum atomic E-state index is -0.322. The molecular formula is C12H8Br2FNO. The summed E-state index contributed by atoms with van der Waals surface area (Å²) in [5.41, 5.74) is 1.02. The van der Waals surface area contributed by atoms with E-state index in [1.165, 1.54) is 6.07 Å². The second kappa shape index (κ2) is 5.14. The molecule has 0 spiro atoms. The van der Waals surface area contributed by atoms with Crippen molar-refractivity contribution in [2.75, 3.05) is 0 Å². The van der Waals surface area contributed by atoms with Crippen LogP contribution in [-0.2, 0) is 0 Å². The third-order valence-electron chi connectivity index (χ3n) is 2.14. The Labute approximate surface area is 115 Å². The summed E-state index contributed by atoms with van der Waals surface area (Å²) in [4.78, 5) is 4.11. The summed E-state index contributed by atoms with van der Waals surface area (Å²) < 4.78 is 19.8. The van der Waals surface area contributed by atoms with E-state index in [-0.39, 0.29) is 5.82 Å². The van der Waals surface area contributed by atoms with Crippen molar-refractivity contribution in [2.24, 2.45) is 0 Å². The Bertz CT molecular complexity index is 511. The summed E-state index contributed by atoms with van der Waals surface area (Å²) >= 11 is 6.46. The van der Waals surface area contributed by atoms with Crippen molar-refractivity contribution in [3.05, 3.63) is 50.8 Å². The van der Waals surface area contributed by atoms with Crippen LogP contribution in [0, 0.1) is 12.7 Å². The van der Waals surface area contributed by atoms with E-state index in [1.54, 1.807) is 24.4 Å². The standard InChI is InChI=1S/C12H8Br2FNO/c1-7-4-12(16-6-10(7)14)17-8-2-3-11(15)9(13)5-8/h2-6H,1H3. The van der Waals surface area contributed by atoms with Crippen LogP contribution in [0.15, 0.2) is 39.4 Å². The molecule has 5 heteroatoms. The molecule has 0 aliphatic rings. The Balaban J connectivity index is 2.25. The first-order chi connectivity index (χ1) is 8.06. The quantitative estimate of drug-likeness (QED) is 0.763. The van der Waals surface area contributed by atoms with E-state index >= 15 is 0 Å². The van der Waals surface area contributed by atoms with Crippen molar-refractivity contribution in [1.29, 1.82) is 0 Å². The Hall–Kier alpha value is -0.940. The van der Waals surface area contributed by atoms with Gasteiger partial charge in [-0.3, -0.25) is 0 Å². The van der Waals surface area contributed by atoms with E-state index in [2.05, 4.69) is 36.8 Å². The highest BCUT2D eigenvalue weighted by atomic mass is 79.9. The zero-order valence-corrected chi connectivity index (χ0v) is 12.0. The molecule has 88 valence electrons. The highest BCUT2D eigenvalue weighted by Gasteiger charge is 2.04. The summed E-state index contributed by atoms with van der Waals surface area (Å²) in [6.07, 6.45) is 1.67. The van der Waals surface area contributed by atoms with Gasteiger partial charge >= 0.3 is 0 Å². The number of hydrogen-bond acceptors (Lipinski definition) is 2. The molecule has 0 aliphatic carbocycles. The second-order valence-electron chi connectivity index (χ2n) is 3.45. The average Bonchev–Trinajstić information content (AvgIpc) is 2.29. The highest BCUT2D eigenvalue weighted by molar-refractivity contribution is 9.10. The second-order valence-corrected chi connectivity index (χ2v) is 5.16. The molecular weight excluding hydrogens is 353 g/mol. The molecule has 1 aromatic heterocycles. The number of ether oxygens (including phenoxy) is 1. The van der Waals surface area contributed by atoms with E-state index in [1.807, 2.05) is 6.92 Å². The van der Waals surface area contributed by atoms with Crippen LogP contribution in [0.5, 0.6) is 11.6 Å². The fraction of sp³-hybridized carbons (Fsp3) is 0.0833. The first-order valence-electron chi connectivity index (χ1n) is 4.81. The number of nitrogens with zero attached hydrogens (tertiary/aromatic N) is 1. The molecule has 0 aliphatic heterocycles. The van der Waals surface area contributed by atoms with Gasteiger partial charge in [-0.1, -0.05) is 0 Å². The van der Waals surface area contributed by atoms with Crippen molar-refractivity contribution >= 4 is 31.9 Å². The first kappa shape index (κ1) is 12.5. The molecule has 2 nitrogen and oxygen atoms in total. The first-order valence-corrected chi connectivity index (χ1v) is 6.40. The average molecular weight is 361 g/mol. The molecule has 0 unspecified atom stereocenters. The SMILES string of the molecule is Cc1cc(Oc2ccc(F)c(Br)c2)ncc1Br. The Morgan fingerprint density at radius 2 is 1.94 bits per heavy atom. The van der Waals surface area contributed by atoms with Crippen LogP contribution in [0.3, 0.4) is 0 Å². The number of hydrogen-bond donors (Lipinski definition) is 0. The van der Waals surface area contributed by atoms with Gasteiger partial charge < -0.3 is 4.74 Å². The maximum absolute atomic E-state index is 13.0. The molecule has 0 N–H and O–H groups in total. The van der Waals surface area contributed by atoms with Gasteiger partial charge in [-0.25, -0.2) is 9.37 Å². The van der Waals surface area contributed by atoms with E-state index in [0.717, 1.165) is 10.0 Å². The summed E-state index contributed by atoms with van der Waals surface area (Å²) in [5.74, 6) is 0.689. The lowest BCUT2D eigenvalue weighted by Gasteiger charge is -2.06. The zero-order chi connectivity index (χ0) is 12.4. The van der Waals surface area contributed by atoms with Gasteiger partial charge in [0.15, 0.2) is 0 Å². The fourth-order valence-corrected chi connectivity index (χ4v) is 1.81. The Morgan fingerprint density at radius 1 is 1.18 bits per heavy atom. The van der Waals surface area contributed by atoms with Crippen molar-refractivity contribution in [3.8, 4) is 11.6 Å². The van der Waals surface area contributed by atoms with Crippen LogP contribution >= 0.6 is 31.9 Å². The van der Waals surface area contributed by atoms with Gasteiger partial charge in [0.25, 0.3) is 0 Å². The lowest BCUT2D eigenvalue weighted by atomic mass is 10.3. The predicted octanol–water partition coefficient (Wildman–Crippen LogP) is 4.85. The molecule has 0 saturated heterocycles. The third kappa shape index (κ3) is 3.04. The minimum Gasteiger partial charge on any atom is -0.439 e. The number of halogens is 3. The highest BCUT2D eigenvalue weighted by Crippen LogP contribution is 2.27. The van der Waals surface area contributed by atoms with E-state index in [9.17, 15) is 4.39 Å². The monoisotopic (exact) mass is 359 g/mol. The minimum absolute atomic E-state index is 0.322. The molecule has 2 rings (SSSR count). The fourth-order valence-electron chi connectivity index (χ4n) is 1.23. The van der Waals surface area contributed by atoms with Crippen LogP contribution in [-0.4, -0.2) is 4.98 Å². The maximum Gasteiger partial charge on any atom is 0.219 e. The van der Waals surface area contributed by atoms with Gasteiger partial charge in [0.05, 0.1) is 4.47 Å². The van der Waals surface area contributed by atoms with Gasteiger partial charge in [-0.15, -0.1) is 0 Å². The number of rotatable bonds is 2. The molecule has 0 saturated carbocycles. The van der Waals surface area contributed by atoms with E-state index in [0.29, 0.717) is 16.1 Å². The predicted molar refractivity (Wildman–Crippen MR) is 70.8 cm³/mol. The summed E-state index contributed by atoms with van der Waals surface area (Å²) in [7, 11) is 0. The Kier molecular flexibility index (Phi) is 3.79. The van der Waals surface area contributed by atoms with Gasteiger partial charge in [0.2, 0.25) is 5.88 Å². The maximum atomic E-state index is 13.0. The molecule has 2 aromatic rings. The Morgan fingerprint density at radius 3 is 2.59 bits per heavy atom.